The summed E-state index contributed by atoms with van der Waals surface area (Å²) < 4.78 is 2.12. The molecule has 0 bridgehead atoms. The Balaban J connectivity index is 1.37. The normalized spacial score (nSPS) is 16.6. The highest BCUT2D eigenvalue weighted by molar-refractivity contribution is 7.17. The van der Waals surface area contributed by atoms with Gasteiger partial charge in [-0.1, -0.05) is 42.5 Å². The molecule has 1 atom stereocenters. The smallest absolute Gasteiger partial charge is 0.225 e. The van der Waals surface area contributed by atoms with Crippen molar-refractivity contribution in [3.63, 3.8) is 0 Å². The maximum atomic E-state index is 12.8. The van der Waals surface area contributed by atoms with Gasteiger partial charge in [-0.05, 0) is 56.4 Å². The van der Waals surface area contributed by atoms with Gasteiger partial charge in [0, 0.05) is 31.0 Å². The molecule has 3 aromatic rings. The molecule has 1 N–H and O–H groups in total. The van der Waals surface area contributed by atoms with Crippen LogP contribution in [-0.4, -0.2) is 33.8 Å². The molecule has 1 unspecified atom stereocenters. The second-order valence-electron chi connectivity index (χ2n) is 7.99. The molecule has 6 nitrogen and oxygen atoms in total. The number of hydrogen-bond acceptors (Lipinski definition) is 5. The third kappa shape index (κ3) is 4.41. The lowest BCUT2D eigenvalue weighted by Gasteiger charge is -2.31. The van der Waals surface area contributed by atoms with Crippen LogP contribution in [0, 0.1) is 19.8 Å². The van der Waals surface area contributed by atoms with E-state index in [1.54, 1.807) is 11.3 Å². The largest absolute Gasteiger partial charge is 0.352 e. The summed E-state index contributed by atoms with van der Waals surface area (Å²) in [5.74, 6) is 0.108. The molecule has 1 aliphatic heterocycles. The van der Waals surface area contributed by atoms with E-state index in [0.717, 1.165) is 53.0 Å². The van der Waals surface area contributed by atoms with Crippen molar-refractivity contribution in [3.05, 3.63) is 58.9 Å². The lowest BCUT2D eigenvalue weighted by molar-refractivity contribution is -0.125. The third-order valence-corrected chi connectivity index (χ3v) is 6.80. The Labute approximate surface area is 181 Å². The van der Waals surface area contributed by atoms with Crippen LogP contribution in [0.15, 0.2) is 36.4 Å². The van der Waals surface area contributed by atoms with Crippen LogP contribution in [0.5, 0.6) is 0 Å². The molecule has 0 aliphatic carbocycles. The molecular formula is C23H29N5OS. The number of aryl methyl sites for hydroxylation is 3. The minimum atomic E-state index is -0.0175. The van der Waals surface area contributed by atoms with E-state index in [1.165, 1.54) is 5.56 Å². The summed E-state index contributed by atoms with van der Waals surface area (Å²) in [4.78, 5) is 15.0. The van der Waals surface area contributed by atoms with Crippen LogP contribution in [0.4, 0.5) is 5.13 Å². The first-order valence-electron chi connectivity index (χ1n) is 10.6. The van der Waals surface area contributed by atoms with Gasteiger partial charge < -0.3 is 10.2 Å². The van der Waals surface area contributed by atoms with Gasteiger partial charge in [0.1, 0.15) is 0 Å². The minimum absolute atomic E-state index is 0.0175. The molecule has 0 saturated carbocycles. The predicted octanol–water partition coefficient (Wildman–Crippen LogP) is 4.04. The Hall–Kier alpha value is -2.67. The number of anilines is 1. The van der Waals surface area contributed by atoms with Crippen molar-refractivity contribution in [2.75, 3.05) is 18.0 Å². The maximum absolute atomic E-state index is 12.8. The molecule has 1 fully saturated rings. The molecule has 2 aromatic heterocycles. The first-order chi connectivity index (χ1) is 14.5. The van der Waals surface area contributed by atoms with E-state index >= 15 is 0 Å². The van der Waals surface area contributed by atoms with Gasteiger partial charge >= 0.3 is 0 Å². The van der Waals surface area contributed by atoms with Gasteiger partial charge in [-0.2, -0.15) is 0 Å². The molecule has 0 radical (unpaired) electrons. The molecule has 1 saturated heterocycles. The molecule has 30 heavy (non-hydrogen) atoms. The average Bonchev–Trinajstić information content (AvgIpc) is 3.38. The molecule has 4 rings (SSSR count). The van der Waals surface area contributed by atoms with Gasteiger partial charge in [0.2, 0.25) is 16.2 Å². The van der Waals surface area contributed by atoms with Crippen molar-refractivity contribution in [2.45, 2.75) is 46.6 Å². The number of amides is 1. The van der Waals surface area contributed by atoms with Gasteiger partial charge in [0.15, 0.2) is 0 Å². The summed E-state index contributed by atoms with van der Waals surface area (Å²) in [6.07, 6.45) is 2.93. The SMILES string of the molecule is CCc1ccc(CNC(=O)C2CCCN(c3nnc(-n4c(C)ccc4C)s3)C2)cc1. The molecule has 1 aromatic carbocycles. The van der Waals surface area contributed by atoms with Gasteiger partial charge in [0.05, 0.1) is 5.92 Å². The molecule has 0 spiro atoms. The Bertz CT molecular complexity index is 988. The van der Waals surface area contributed by atoms with Crippen LogP contribution < -0.4 is 10.2 Å². The van der Waals surface area contributed by atoms with Crippen LogP contribution >= 0.6 is 11.3 Å². The Morgan fingerprint density at radius 2 is 1.73 bits per heavy atom. The van der Waals surface area contributed by atoms with Crippen molar-refractivity contribution in [1.82, 2.24) is 20.1 Å². The molecular weight excluding hydrogens is 394 g/mol. The van der Waals surface area contributed by atoms with E-state index in [-0.39, 0.29) is 11.8 Å². The van der Waals surface area contributed by atoms with Crippen LogP contribution in [0.3, 0.4) is 0 Å². The van der Waals surface area contributed by atoms with Gasteiger partial charge in [0.25, 0.3) is 0 Å². The van der Waals surface area contributed by atoms with E-state index in [0.29, 0.717) is 13.1 Å². The highest BCUT2D eigenvalue weighted by Gasteiger charge is 2.27. The topological polar surface area (TPSA) is 63.1 Å². The zero-order chi connectivity index (χ0) is 21.1. The van der Waals surface area contributed by atoms with Gasteiger partial charge in [-0.3, -0.25) is 9.36 Å². The number of carbonyl (C=O) groups is 1. The van der Waals surface area contributed by atoms with Crippen LogP contribution in [0.1, 0.15) is 42.3 Å². The lowest BCUT2D eigenvalue weighted by atomic mass is 9.97. The third-order valence-electron chi connectivity index (χ3n) is 5.83. The molecule has 3 heterocycles. The maximum Gasteiger partial charge on any atom is 0.225 e. The van der Waals surface area contributed by atoms with Crippen molar-refractivity contribution in [1.29, 1.82) is 0 Å². The number of piperidine rings is 1. The van der Waals surface area contributed by atoms with E-state index < -0.39 is 0 Å². The van der Waals surface area contributed by atoms with Crippen molar-refractivity contribution < 1.29 is 4.79 Å². The number of hydrogen-bond donors (Lipinski definition) is 1. The van der Waals surface area contributed by atoms with Crippen LogP contribution in [0.2, 0.25) is 0 Å². The summed E-state index contributed by atoms with van der Waals surface area (Å²) in [5.41, 5.74) is 4.75. The second-order valence-corrected chi connectivity index (χ2v) is 8.93. The van der Waals surface area contributed by atoms with Crippen molar-refractivity contribution >= 4 is 22.4 Å². The zero-order valence-electron chi connectivity index (χ0n) is 17.9. The first kappa shape index (κ1) is 20.6. The quantitative estimate of drug-likeness (QED) is 0.650. The monoisotopic (exact) mass is 423 g/mol. The van der Waals surface area contributed by atoms with Crippen LogP contribution in [0.25, 0.3) is 5.13 Å². The lowest BCUT2D eigenvalue weighted by Crippen LogP contribution is -2.43. The Kier molecular flexibility index (Phi) is 6.18. The molecule has 7 heteroatoms. The van der Waals surface area contributed by atoms with E-state index in [4.69, 9.17) is 0 Å². The van der Waals surface area contributed by atoms with Crippen LogP contribution in [-0.2, 0) is 17.8 Å². The van der Waals surface area contributed by atoms with E-state index in [9.17, 15) is 4.79 Å². The molecule has 1 aliphatic rings. The summed E-state index contributed by atoms with van der Waals surface area (Å²) >= 11 is 1.59. The van der Waals surface area contributed by atoms with Crippen molar-refractivity contribution in [3.8, 4) is 5.13 Å². The van der Waals surface area contributed by atoms with Gasteiger partial charge in [-0.15, -0.1) is 10.2 Å². The fraction of sp³-hybridized carbons (Fsp3) is 0.435. The standard InChI is InChI=1S/C23H29N5OS/c1-4-18-9-11-19(12-10-18)14-24-21(29)20-6-5-13-27(15-20)22-25-26-23(30-22)28-16(2)7-8-17(28)3/h7-12,20H,4-6,13-15H2,1-3H3,(H,24,29). The average molecular weight is 424 g/mol. The predicted molar refractivity (Wildman–Crippen MR) is 121 cm³/mol. The summed E-state index contributed by atoms with van der Waals surface area (Å²) in [6, 6.07) is 12.6. The molecule has 158 valence electrons. The number of nitrogens with zero attached hydrogens (tertiary/aromatic N) is 4. The summed E-state index contributed by atoms with van der Waals surface area (Å²) in [5, 5.41) is 13.7. The minimum Gasteiger partial charge on any atom is -0.352 e. The number of benzene rings is 1. The highest BCUT2D eigenvalue weighted by atomic mass is 32.1. The number of carbonyl (C=O) groups excluding carboxylic acids is 1. The number of rotatable bonds is 6. The first-order valence-corrected chi connectivity index (χ1v) is 11.5. The Morgan fingerprint density at radius 1 is 1.07 bits per heavy atom. The van der Waals surface area contributed by atoms with Gasteiger partial charge in [-0.25, -0.2) is 0 Å². The number of aromatic nitrogens is 3. The number of nitrogens with one attached hydrogen (secondary N) is 1. The second kappa shape index (κ2) is 9.00. The molecule has 1 amide bonds. The fourth-order valence-electron chi connectivity index (χ4n) is 3.99. The van der Waals surface area contributed by atoms with E-state index in [2.05, 4.69) is 82.2 Å². The highest BCUT2D eigenvalue weighted by Crippen LogP contribution is 2.29. The summed E-state index contributed by atoms with van der Waals surface area (Å²) in [7, 11) is 0. The summed E-state index contributed by atoms with van der Waals surface area (Å²) in [6.45, 7) is 8.48. The zero-order valence-corrected chi connectivity index (χ0v) is 18.7. The Morgan fingerprint density at radius 3 is 2.43 bits per heavy atom. The fourth-order valence-corrected chi connectivity index (χ4v) is 4.99. The van der Waals surface area contributed by atoms with Crippen molar-refractivity contribution in [2.24, 2.45) is 5.92 Å². The van der Waals surface area contributed by atoms with E-state index in [1.807, 2.05) is 0 Å².